The zero-order valence-corrected chi connectivity index (χ0v) is 8.66. The van der Waals surface area contributed by atoms with Gasteiger partial charge in [0.2, 0.25) is 9.05 Å². The van der Waals surface area contributed by atoms with Gasteiger partial charge in [-0.3, -0.25) is 0 Å². The SMILES string of the molecule is O=S(=O)(Cl)Cc1cnc2ccccn12. The summed E-state index contributed by atoms with van der Waals surface area (Å²) in [5.41, 5.74) is 1.28. The van der Waals surface area contributed by atoms with E-state index in [-0.39, 0.29) is 5.75 Å². The van der Waals surface area contributed by atoms with Crippen LogP contribution in [-0.4, -0.2) is 17.8 Å². The molecular weight excluding hydrogens is 224 g/mol. The zero-order chi connectivity index (χ0) is 10.2. The molecule has 0 unspecified atom stereocenters. The first-order valence-corrected chi connectivity index (χ1v) is 6.37. The van der Waals surface area contributed by atoms with Gasteiger partial charge >= 0.3 is 0 Å². The van der Waals surface area contributed by atoms with Gasteiger partial charge in [0, 0.05) is 16.9 Å². The van der Waals surface area contributed by atoms with Crippen LogP contribution in [0.4, 0.5) is 0 Å². The number of nitrogens with zero attached hydrogens (tertiary/aromatic N) is 2. The molecule has 0 aliphatic heterocycles. The van der Waals surface area contributed by atoms with Crippen molar-refractivity contribution in [2.45, 2.75) is 5.75 Å². The highest BCUT2D eigenvalue weighted by Gasteiger charge is 2.10. The number of rotatable bonds is 2. The van der Waals surface area contributed by atoms with Crippen LogP contribution < -0.4 is 0 Å². The Hall–Kier alpha value is -1.07. The van der Waals surface area contributed by atoms with Crippen LogP contribution in [0, 0.1) is 0 Å². The normalized spacial score (nSPS) is 12.1. The Morgan fingerprint density at radius 3 is 2.93 bits per heavy atom. The number of halogens is 1. The zero-order valence-electron chi connectivity index (χ0n) is 7.09. The molecule has 2 rings (SSSR count). The topological polar surface area (TPSA) is 51.4 Å². The van der Waals surface area contributed by atoms with Crippen molar-refractivity contribution in [1.29, 1.82) is 0 Å². The van der Waals surface area contributed by atoms with Crippen LogP contribution >= 0.6 is 10.7 Å². The lowest BCUT2D eigenvalue weighted by molar-refractivity contribution is 0.608. The van der Waals surface area contributed by atoms with E-state index in [0.717, 1.165) is 0 Å². The second kappa shape index (κ2) is 3.25. The molecule has 2 heterocycles. The Morgan fingerprint density at radius 1 is 1.43 bits per heavy atom. The molecular formula is C8H7ClN2O2S. The lowest BCUT2D eigenvalue weighted by Gasteiger charge is -1.97. The first kappa shape index (κ1) is 9.48. The summed E-state index contributed by atoms with van der Waals surface area (Å²) in [5.74, 6) is -0.209. The molecule has 0 amide bonds. The van der Waals surface area contributed by atoms with Gasteiger partial charge in [0.1, 0.15) is 11.4 Å². The molecule has 0 N–H and O–H groups in total. The summed E-state index contributed by atoms with van der Waals surface area (Å²) < 4.78 is 23.4. The van der Waals surface area contributed by atoms with Crippen molar-refractivity contribution in [2.75, 3.05) is 0 Å². The molecule has 0 spiro atoms. The highest BCUT2D eigenvalue weighted by molar-refractivity contribution is 8.13. The molecule has 0 radical (unpaired) electrons. The van der Waals surface area contributed by atoms with Gasteiger partial charge in [-0.15, -0.1) is 0 Å². The van der Waals surface area contributed by atoms with Crippen molar-refractivity contribution < 1.29 is 8.42 Å². The van der Waals surface area contributed by atoms with E-state index in [1.165, 1.54) is 6.20 Å². The third-order valence-electron chi connectivity index (χ3n) is 1.81. The summed E-state index contributed by atoms with van der Waals surface area (Å²) in [7, 11) is 1.63. The highest BCUT2D eigenvalue weighted by atomic mass is 35.7. The Morgan fingerprint density at radius 2 is 2.21 bits per heavy atom. The minimum atomic E-state index is -3.53. The molecule has 6 heteroatoms. The first-order chi connectivity index (χ1) is 6.56. The summed E-state index contributed by atoms with van der Waals surface area (Å²) in [6.45, 7) is 0. The van der Waals surface area contributed by atoms with E-state index in [9.17, 15) is 8.42 Å². The molecule has 14 heavy (non-hydrogen) atoms. The van der Waals surface area contributed by atoms with Crippen molar-refractivity contribution in [1.82, 2.24) is 9.38 Å². The van der Waals surface area contributed by atoms with Gasteiger partial charge in [-0.05, 0) is 12.1 Å². The maximum Gasteiger partial charge on any atom is 0.238 e. The highest BCUT2D eigenvalue weighted by Crippen LogP contribution is 2.11. The van der Waals surface area contributed by atoms with E-state index < -0.39 is 9.05 Å². The van der Waals surface area contributed by atoms with E-state index in [1.807, 2.05) is 6.07 Å². The number of pyridine rings is 1. The third-order valence-corrected chi connectivity index (χ3v) is 2.78. The number of hydrogen-bond acceptors (Lipinski definition) is 3. The molecule has 2 aromatic rings. The fourth-order valence-electron chi connectivity index (χ4n) is 1.27. The van der Waals surface area contributed by atoms with Gasteiger partial charge in [-0.2, -0.15) is 0 Å². The fourth-order valence-corrected chi connectivity index (χ4v) is 2.17. The minimum absolute atomic E-state index is 0.209. The Kier molecular flexibility index (Phi) is 2.20. The summed E-state index contributed by atoms with van der Waals surface area (Å²) in [6, 6.07) is 5.44. The number of fused-ring (bicyclic) bond motifs is 1. The molecule has 74 valence electrons. The van der Waals surface area contributed by atoms with Crippen molar-refractivity contribution in [3.8, 4) is 0 Å². The van der Waals surface area contributed by atoms with E-state index in [1.54, 1.807) is 22.7 Å². The van der Waals surface area contributed by atoms with Crippen LogP contribution in [0.2, 0.25) is 0 Å². The molecule has 4 nitrogen and oxygen atoms in total. The van der Waals surface area contributed by atoms with Gasteiger partial charge in [0.25, 0.3) is 0 Å². The monoisotopic (exact) mass is 230 g/mol. The van der Waals surface area contributed by atoms with Gasteiger partial charge in [-0.1, -0.05) is 6.07 Å². The van der Waals surface area contributed by atoms with Crippen molar-refractivity contribution in [3.05, 3.63) is 36.3 Å². The molecule has 0 aliphatic rings. The molecule has 0 atom stereocenters. The molecule has 0 saturated heterocycles. The first-order valence-electron chi connectivity index (χ1n) is 3.89. The smallest absolute Gasteiger partial charge is 0.238 e. The Balaban J connectivity index is 2.54. The van der Waals surface area contributed by atoms with Gasteiger partial charge in [0.15, 0.2) is 0 Å². The van der Waals surface area contributed by atoms with Crippen LogP contribution in [0.3, 0.4) is 0 Å². The molecule has 0 aromatic carbocycles. The minimum Gasteiger partial charge on any atom is -0.303 e. The van der Waals surface area contributed by atoms with Gasteiger partial charge < -0.3 is 4.40 Å². The van der Waals surface area contributed by atoms with Gasteiger partial charge in [0.05, 0.1) is 11.9 Å². The Bertz CT molecular complexity index is 561. The summed E-state index contributed by atoms with van der Waals surface area (Å²) >= 11 is 0. The average Bonchev–Trinajstić information content (AvgIpc) is 2.47. The molecule has 0 saturated carbocycles. The predicted octanol–water partition coefficient (Wildman–Crippen LogP) is 1.40. The number of hydrogen-bond donors (Lipinski definition) is 0. The van der Waals surface area contributed by atoms with E-state index in [2.05, 4.69) is 4.98 Å². The van der Waals surface area contributed by atoms with Crippen molar-refractivity contribution in [2.24, 2.45) is 0 Å². The molecule has 0 bridgehead atoms. The van der Waals surface area contributed by atoms with Crippen LogP contribution in [0.5, 0.6) is 0 Å². The largest absolute Gasteiger partial charge is 0.303 e. The van der Waals surface area contributed by atoms with E-state index in [4.69, 9.17) is 10.7 Å². The van der Waals surface area contributed by atoms with Crippen LogP contribution in [0.1, 0.15) is 5.69 Å². The summed E-state index contributed by atoms with van der Waals surface area (Å²) in [5, 5.41) is 0. The predicted molar refractivity (Wildman–Crippen MR) is 53.7 cm³/mol. The second-order valence-electron chi connectivity index (χ2n) is 2.86. The molecule has 2 aromatic heterocycles. The number of aromatic nitrogens is 2. The fraction of sp³-hybridized carbons (Fsp3) is 0.125. The summed E-state index contributed by atoms with van der Waals surface area (Å²) in [6.07, 6.45) is 3.26. The maximum atomic E-state index is 10.9. The van der Waals surface area contributed by atoms with Crippen LogP contribution in [0.15, 0.2) is 30.6 Å². The lowest BCUT2D eigenvalue weighted by Crippen LogP contribution is -1.98. The van der Waals surface area contributed by atoms with E-state index >= 15 is 0 Å². The molecule has 0 aliphatic carbocycles. The maximum absolute atomic E-state index is 10.9. The standard InChI is InChI=1S/C8H7ClN2O2S/c9-14(12,13)6-7-5-10-8-3-1-2-4-11(7)8/h1-5H,6H2. The van der Waals surface area contributed by atoms with Crippen molar-refractivity contribution >= 4 is 25.4 Å². The van der Waals surface area contributed by atoms with Crippen molar-refractivity contribution in [3.63, 3.8) is 0 Å². The Labute approximate surface area is 85.6 Å². The third kappa shape index (κ3) is 1.88. The average molecular weight is 231 g/mol. The number of imidazole rings is 1. The van der Waals surface area contributed by atoms with E-state index in [0.29, 0.717) is 11.3 Å². The van der Waals surface area contributed by atoms with Crippen LogP contribution in [0.25, 0.3) is 5.65 Å². The quantitative estimate of drug-likeness (QED) is 0.733. The second-order valence-corrected chi connectivity index (χ2v) is 5.64. The van der Waals surface area contributed by atoms with Crippen LogP contribution in [-0.2, 0) is 14.8 Å². The summed E-state index contributed by atoms with van der Waals surface area (Å²) in [4.78, 5) is 4.04. The lowest BCUT2D eigenvalue weighted by atomic mass is 10.4. The van der Waals surface area contributed by atoms with Gasteiger partial charge in [-0.25, -0.2) is 13.4 Å². The molecule has 0 fully saturated rings.